The minimum atomic E-state index is -0.614. The third-order valence-corrected chi connectivity index (χ3v) is 7.88. The highest BCUT2D eigenvalue weighted by Gasteiger charge is 2.52. The molecule has 3 heterocycles. The highest BCUT2D eigenvalue weighted by Crippen LogP contribution is 2.41. The van der Waals surface area contributed by atoms with Gasteiger partial charge in [-0.05, 0) is 40.3 Å². The van der Waals surface area contributed by atoms with E-state index < -0.39 is 18.1 Å². The number of ether oxygens (including phenoxy) is 1. The van der Waals surface area contributed by atoms with E-state index in [4.69, 9.17) is 10.5 Å². The van der Waals surface area contributed by atoms with Crippen LogP contribution in [-0.2, 0) is 14.3 Å². The van der Waals surface area contributed by atoms with Gasteiger partial charge < -0.3 is 10.5 Å². The number of carbonyl (C=O) groups excluding carboxylic acids is 2. The summed E-state index contributed by atoms with van der Waals surface area (Å²) >= 11 is 3.04. The fraction of sp³-hybridized carbons (Fsp3) is 0.148. The number of aromatic nitrogens is 1. The van der Waals surface area contributed by atoms with Crippen LogP contribution in [0, 0.1) is 0 Å². The predicted octanol–water partition coefficient (Wildman–Crippen LogP) is 4.52. The van der Waals surface area contributed by atoms with Crippen LogP contribution in [0.4, 0.5) is 0 Å². The van der Waals surface area contributed by atoms with Crippen molar-refractivity contribution in [2.45, 2.75) is 22.4 Å². The largest absolute Gasteiger partial charge is 0.448 e. The van der Waals surface area contributed by atoms with Gasteiger partial charge in [-0.1, -0.05) is 72.4 Å². The van der Waals surface area contributed by atoms with Crippen molar-refractivity contribution in [3.63, 3.8) is 0 Å². The molecule has 6 nitrogen and oxygen atoms in total. The molecule has 2 aromatic carbocycles. The molecule has 3 aromatic rings. The number of nitrogens with zero attached hydrogens (tertiary/aromatic N) is 2. The molecule has 0 bridgehead atoms. The molecule has 8 heteroatoms. The smallest absolute Gasteiger partial charge is 0.356 e. The van der Waals surface area contributed by atoms with E-state index in [9.17, 15) is 9.59 Å². The molecule has 0 saturated carbocycles. The Morgan fingerprint density at radius 1 is 1.09 bits per heavy atom. The van der Waals surface area contributed by atoms with Gasteiger partial charge in [-0.15, -0.1) is 11.8 Å². The average Bonchev–Trinajstić information content (AvgIpc) is 2.92. The van der Waals surface area contributed by atoms with Crippen molar-refractivity contribution in [1.29, 1.82) is 0 Å². The zero-order valence-corrected chi connectivity index (χ0v) is 20.3. The number of fused-ring (bicyclic) bond motifs is 1. The normalized spacial score (nSPS) is 19.6. The lowest BCUT2D eigenvalue weighted by atomic mass is 10.0. The van der Waals surface area contributed by atoms with Crippen LogP contribution < -0.4 is 5.73 Å². The molecule has 1 aromatic heterocycles. The second-order valence-electron chi connectivity index (χ2n) is 8.03. The first-order valence-corrected chi connectivity index (χ1v) is 13.0. The lowest BCUT2D eigenvalue weighted by molar-refractivity contribution is -0.153. The Morgan fingerprint density at radius 2 is 1.77 bits per heavy atom. The summed E-state index contributed by atoms with van der Waals surface area (Å²) in [7, 11) is 0. The van der Waals surface area contributed by atoms with Gasteiger partial charge in [0.1, 0.15) is 17.1 Å². The minimum absolute atomic E-state index is 0.264. The van der Waals surface area contributed by atoms with Crippen LogP contribution in [0.25, 0.3) is 0 Å². The van der Waals surface area contributed by atoms with Gasteiger partial charge in [-0.3, -0.25) is 14.7 Å². The van der Waals surface area contributed by atoms with Gasteiger partial charge in [-0.25, -0.2) is 4.79 Å². The van der Waals surface area contributed by atoms with Crippen molar-refractivity contribution in [1.82, 2.24) is 9.88 Å². The molecule has 1 saturated heterocycles. The summed E-state index contributed by atoms with van der Waals surface area (Å²) in [5.74, 6) is -0.256. The van der Waals surface area contributed by atoms with Crippen molar-refractivity contribution in [3.8, 4) is 0 Å². The molecule has 2 atom stereocenters. The highest BCUT2D eigenvalue weighted by molar-refractivity contribution is 8.02. The van der Waals surface area contributed by atoms with Crippen molar-refractivity contribution in [3.05, 3.63) is 119 Å². The van der Waals surface area contributed by atoms with E-state index in [1.165, 1.54) is 16.7 Å². The molecule has 2 N–H and O–H groups in total. The Morgan fingerprint density at radius 3 is 2.40 bits per heavy atom. The number of carbonyl (C=O) groups is 2. The van der Waals surface area contributed by atoms with E-state index in [2.05, 4.69) is 4.98 Å². The van der Waals surface area contributed by atoms with Gasteiger partial charge in [0, 0.05) is 23.0 Å². The first kappa shape index (κ1) is 23.4. The number of thioether (sulfide) groups is 2. The van der Waals surface area contributed by atoms with Gasteiger partial charge >= 0.3 is 5.97 Å². The molecular formula is C27H23N3O3S2. The lowest BCUT2D eigenvalue weighted by Crippen LogP contribution is -2.68. The summed E-state index contributed by atoms with van der Waals surface area (Å²) in [5, 5.41) is 1.64. The third kappa shape index (κ3) is 4.91. The first-order chi connectivity index (χ1) is 17.1. The van der Waals surface area contributed by atoms with Crippen LogP contribution in [0.1, 0.15) is 17.2 Å². The summed E-state index contributed by atoms with van der Waals surface area (Å²) < 4.78 is 6.10. The number of rotatable bonds is 7. The third-order valence-electron chi connectivity index (χ3n) is 5.77. The van der Waals surface area contributed by atoms with E-state index in [1.807, 2.05) is 84.3 Å². The Labute approximate surface area is 212 Å². The van der Waals surface area contributed by atoms with Crippen LogP contribution >= 0.6 is 23.5 Å². The second kappa shape index (κ2) is 10.5. The van der Waals surface area contributed by atoms with Crippen molar-refractivity contribution in [2.75, 3.05) is 5.75 Å². The Hall–Kier alpha value is -3.33. The van der Waals surface area contributed by atoms with E-state index in [1.54, 1.807) is 24.2 Å². The quantitative estimate of drug-likeness (QED) is 0.289. The number of allylic oxidation sites excluding steroid dienone is 1. The number of hydrogen-bond donors (Lipinski definition) is 1. The topological polar surface area (TPSA) is 85.5 Å². The van der Waals surface area contributed by atoms with E-state index in [0.717, 1.165) is 21.6 Å². The molecule has 1 fully saturated rings. The molecule has 1 amide bonds. The Bertz CT molecular complexity index is 1230. The van der Waals surface area contributed by atoms with Gasteiger partial charge in [0.05, 0.1) is 0 Å². The molecule has 2 aliphatic heterocycles. The molecule has 35 heavy (non-hydrogen) atoms. The number of amides is 1. The zero-order chi connectivity index (χ0) is 24.2. The lowest BCUT2D eigenvalue weighted by Gasteiger charge is -2.48. The second-order valence-corrected chi connectivity index (χ2v) is 10.1. The van der Waals surface area contributed by atoms with E-state index in [-0.39, 0.29) is 17.0 Å². The van der Waals surface area contributed by atoms with Crippen LogP contribution in [0.15, 0.2) is 113 Å². The zero-order valence-electron chi connectivity index (χ0n) is 18.7. The molecule has 1 unspecified atom stereocenters. The molecule has 2 aliphatic rings. The minimum Gasteiger partial charge on any atom is -0.448 e. The van der Waals surface area contributed by atoms with Crippen LogP contribution in [0.3, 0.4) is 0 Å². The summed E-state index contributed by atoms with van der Waals surface area (Å²) in [6, 6.07) is 22.4. The van der Waals surface area contributed by atoms with E-state index >= 15 is 0 Å². The molecule has 5 rings (SSSR count). The summed E-state index contributed by atoms with van der Waals surface area (Å²) in [4.78, 5) is 32.9. The number of β-lactam (4-membered cyclic amide) rings is 1. The van der Waals surface area contributed by atoms with Gasteiger partial charge in [0.25, 0.3) is 0 Å². The Kier molecular flexibility index (Phi) is 7.03. The summed E-state index contributed by atoms with van der Waals surface area (Å²) in [6.07, 6.45) is 4.75. The molecule has 176 valence electrons. The standard InChI is InChI=1S/C27H23N3O3S2/c28-22-25(31)30-23(20(17-35-26(22)30)13-15-34-21-12-7-14-29-16-21)27(32)33-24(18-8-3-1-4-9-18)19-10-5-2-6-11-19/h1-16,22,24,26H,17,28H2/t22?,26-/m0/s1. The van der Waals surface area contributed by atoms with Crippen molar-refractivity contribution in [2.24, 2.45) is 5.73 Å². The number of esters is 1. The van der Waals surface area contributed by atoms with Gasteiger partial charge in [0.2, 0.25) is 5.91 Å². The monoisotopic (exact) mass is 501 g/mol. The SMILES string of the molecule is NC1C(=O)N2C(C(=O)OC(c3ccccc3)c3ccccc3)=C(C=CSc3cccnc3)CS[C@@H]12. The van der Waals surface area contributed by atoms with Crippen LogP contribution in [0.2, 0.25) is 0 Å². The van der Waals surface area contributed by atoms with Gasteiger partial charge in [-0.2, -0.15) is 0 Å². The molecular weight excluding hydrogens is 478 g/mol. The maximum atomic E-state index is 13.7. The summed E-state index contributed by atoms with van der Waals surface area (Å²) in [6.45, 7) is 0. The van der Waals surface area contributed by atoms with Crippen LogP contribution in [0.5, 0.6) is 0 Å². The molecule has 0 spiro atoms. The highest BCUT2D eigenvalue weighted by atomic mass is 32.2. The number of pyridine rings is 1. The fourth-order valence-electron chi connectivity index (χ4n) is 4.02. The number of nitrogens with two attached hydrogens (primary N) is 1. The summed E-state index contributed by atoms with van der Waals surface area (Å²) in [5.41, 5.74) is 8.73. The van der Waals surface area contributed by atoms with Crippen LogP contribution in [-0.4, -0.2) is 38.9 Å². The number of hydrogen-bond acceptors (Lipinski definition) is 7. The molecule has 0 aliphatic carbocycles. The fourth-order valence-corrected chi connectivity index (χ4v) is 5.95. The number of benzene rings is 2. The van der Waals surface area contributed by atoms with Crippen molar-refractivity contribution < 1.29 is 14.3 Å². The van der Waals surface area contributed by atoms with Gasteiger partial charge in [0.15, 0.2) is 6.10 Å². The van der Waals surface area contributed by atoms with Crippen molar-refractivity contribution >= 4 is 35.4 Å². The van der Waals surface area contributed by atoms with E-state index in [0.29, 0.717) is 5.75 Å². The molecule has 0 radical (unpaired) electrons. The average molecular weight is 502 g/mol. The first-order valence-electron chi connectivity index (χ1n) is 11.1. The predicted molar refractivity (Wildman–Crippen MR) is 138 cm³/mol. The Balaban J connectivity index is 1.47. The maximum absolute atomic E-state index is 13.7. The maximum Gasteiger partial charge on any atom is 0.356 e.